The molecule has 8 nitrogen and oxygen atoms in total. The maximum absolute atomic E-state index is 8.89. The van der Waals surface area contributed by atoms with Gasteiger partial charge in [-0.3, -0.25) is 0 Å². The van der Waals surface area contributed by atoms with E-state index in [2.05, 4.69) is 20.5 Å². The Morgan fingerprint density at radius 2 is 2.05 bits per heavy atom. The van der Waals surface area contributed by atoms with Crippen molar-refractivity contribution in [3.8, 4) is 23.0 Å². The van der Waals surface area contributed by atoms with Gasteiger partial charge in [0.25, 0.3) is 5.89 Å². The number of nitrogens with zero attached hydrogens (tertiary/aromatic N) is 5. The number of aliphatic hydroxyl groups excluding tert-OH is 1. The van der Waals surface area contributed by atoms with Gasteiger partial charge in [0.05, 0.1) is 13.2 Å². The number of anilines is 1. The van der Waals surface area contributed by atoms with Crippen LogP contribution in [0.5, 0.6) is 0 Å². The highest BCUT2D eigenvalue weighted by Gasteiger charge is 2.18. The van der Waals surface area contributed by atoms with Crippen LogP contribution in [-0.2, 0) is 6.54 Å². The van der Waals surface area contributed by atoms with E-state index in [0.29, 0.717) is 10.8 Å². The maximum atomic E-state index is 8.89. The SMILES string of the molecule is Nc1c(-c2nc(-c3ccc(Cl)cc3)no2)nnn1CCO. The van der Waals surface area contributed by atoms with E-state index in [1.807, 2.05) is 0 Å². The van der Waals surface area contributed by atoms with Crippen molar-refractivity contribution in [1.82, 2.24) is 25.1 Å². The fourth-order valence-corrected chi connectivity index (χ4v) is 1.89. The summed E-state index contributed by atoms with van der Waals surface area (Å²) >= 11 is 5.83. The third-order valence-electron chi connectivity index (χ3n) is 2.82. The summed E-state index contributed by atoms with van der Waals surface area (Å²) in [5.74, 6) is 0.828. The smallest absolute Gasteiger partial charge is 0.282 e. The van der Waals surface area contributed by atoms with Crippen molar-refractivity contribution in [2.45, 2.75) is 6.54 Å². The van der Waals surface area contributed by atoms with E-state index < -0.39 is 0 Å². The summed E-state index contributed by atoms with van der Waals surface area (Å²) in [7, 11) is 0. The van der Waals surface area contributed by atoms with Gasteiger partial charge in [0.2, 0.25) is 5.82 Å². The topological polar surface area (TPSA) is 116 Å². The van der Waals surface area contributed by atoms with Crippen LogP contribution in [0.3, 0.4) is 0 Å². The van der Waals surface area contributed by atoms with Gasteiger partial charge in [0.1, 0.15) is 0 Å². The van der Waals surface area contributed by atoms with Gasteiger partial charge in [0.15, 0.2) is 11.5 Å². The minimum Gasteiger partial charge on any atom is -0.394 e. The van der Waals surface area contributed by atoms with Gasteiger partial charge in [-0.2, -0.15) is 4.98 Å². The normalized spacial score (nSPS) is 11.0. The van der Waals surface area contributed by atoms with Crippen LogP contribution >= 0.6 is 11.6 Å². The highest BCUT2D eigenvalue weighted by Crippen LogP contribution is 2.25. The lowest BCUT2D eigenvalue weighted by Crippen LogP contribution is -2.07. The molecule has 0 saturated carbocycles. The number of rotatable bonds is 4. The number of benzene rings is 1. The molecule has 0 aliphatic heterocycles. The second-order valence-corrected chi connectivity index (χ2v) is 4.64. The Kier molecular flexibility index (Phi) is 3.55. The van der Waals surface area contributed by atoms with E-state index in [9.17, 15) is 0 Å². The molecular weight excluding hydrogens is 296 g/mol. The molecule has 0 atom stereocenters. The van der Waals surface area contributed by atoms with Crippen molar-refractivity contribution in [3.05, 3.63) is 29.3 Å². The lowest BCUT2D eigenvalue weighted by molar-refractivity contribution is 0.269. The van der Waals surface area contributed by atoms with Gasteiger partial charge in [-0.15, -0.1) is 5.10 Å². The number of halogens is 1. The molecule has 108 valence electrons. The quantitative estimate of drug-likeness (QED) is 0.744. The van der Waals surface area contributed by atoms with E-state index in [-0.39, 0.29) is 30.6 Å². The Morgan fingerprint density at radius 1 is 1.29 bits per heavy atom. The summed E-state index contributed by atoms with van der Waals surface area (Å²) in [4.78, 5) is 4.24. The Morgan fingerprint density at radius 3 is 2.76 bits per heavy atom. The minimum atomic E-state index is -0.0904. The third kappa shape index (κ3) is 2.58. The first kappa shape index (κ1) is 13.5. The average molecular weight is 307 g/mol. The number of aromatic nitrogens is 5. The monoisotopic (exact) mass is 306 g/mol. The Labute approximate surface area is 124 Å². The van der Waals surface area contributed by atoms with Crippen LogP contribution in [0.2, 0.25) is 5.02 Å². The largest absolute Gasteiger partial charge is 0.394 e. The van der Waals surface area contributed by atoms with Gasteiger partial charge in [-0.1, -0.05) is 22.0 Å². The summed E-state index contributed by atoms with van der Waals surface area (Å²) < 4.78 is 6.52. The first-order chi connectivity index (χ1) is 10.2. The molecule has 0 aliphatic carbocycles. The van der Waals surface area contributed by atoms with Crippen molar-refractivity contribution in [2.75, 3.05) is 12.3 Å². The van der Waals surface area contributed by atoms with E-state index in [0.717, 1.165) is 5.56 Å². The minimum absolute atomic E-state index is 0.0904. The lowest BCUT2D eigenvalue weighted by Gasteiger charge is -1.97. The fourth-order valence-electron chi connectivity index (χ4n) is 1.77. The van der Waals surface area contributed by atoms with Crippen LogP contribution in [0.1, 0.15) is 0 Å². The van der Waals surface area contributed by atoms with Crippen LogP contribution in [0, 0.1) is 0 Å². The molecule has 0 unspecified atom stereocenters. The molecule has 9 heteroatoms. The maximum Gasteiger partial charge on any atom is 0.282 e. The number of hydrogen-bond acceptors (Lipinski definition) is 7. The molecule has 0 bridgehead atoms. The van der Waals surface area contributed by atoms with Gasteiger partial charge in [-0.25, -0.2) is 4.68 Å². The molecule has 3 aromatic rings. The van der Waals surface area contributed by atoms with Crippen LogP contribution in [0.15, 0.2) is 28.8 Å². The van der Waals surface area contributed by atoms with Crippen LogP contribution in [-0.4, -0.2) is 36.8 Å². The van der Waals surface area contributed by atoms with Gasteiger partial charge in [-0.05, 0) is 24.3 Å². The fraction of sp³-hybridized carbons (Fsp3) is 0.167. The number of nitrogen functional groups attached to an aromatic ring is 1. The Hall–Kier alpha value is -2.45. The van der Waals surface area contributed by atoms with Gasteiger partial charge >= 0.3 is 0 Å². The van der Waals surface area contributed by atoms with Crippen molar-refractivity contribution in [2.24, 2.45) is 0 Å². The van der Waals surface area contributed by atoms with Gasteiger partial charge in [0, 0.05) is 10.6 Å². The van der Waals surface area contributed by atoms with Crippen molar-refractivity contribution >= 4 is 17.4 Å². The number of nitrogens with two attached hydrogens (primary N) is 1. The van der Waals surface area contributed by atoms with Crippen molar-refractivity contribution < 1.29 is 9.63 Å². The third-order valence-corrected chi connectivity index (χ3v) is 3.07. The Balaban J connectivity index is 1.93. The zero-order chi connectivity index (χ0) is 14.8. The van der Waals surface area contributed by atoms with E-state index in [1.165, 1.54) is 4.68 Å². The highest BCUT2D eigenvalue weighted by atomic mass is 35.5. The molecule has 0 aliphatic rings. The summed E-state index contributed by atoms with van der Waals surface area (Å²) in [6, 6.07) is 7.03. The molecular formula is C12H11ClN6O2. The van der Waals surface area contributed by atoms with Crippen LogP contribution in [0.25, 0.3) is 23.0 Å². The van der Waals surface area contributed by atoms with Crippen LogP contribution in [0.4, 0.5) is 5.82 Å². The standard InChI is InChI=1S/C12H11ClN6O2/c13-8-3-1-7(2-4-8)11-15-12(21-17-11)9-10(14)19(5-6-20)18-16-9/h1-4,20H,5-6,14H2. The summed E-state index contributed by atoms with van der Waals surface area (Å²) in [5.41, 5.74) is 6.92. The molecule has 2 aromatic heterocycles. The summed E-state index contributed by atoms with van der Waals surface area (Å²) in [5, 5.41) is 21.1. The first-order valence-electron chi connectivity index (χ1n) is 6.09. The molecule has 0 fully saturated rings. The second kappa shape index (κ2) is 5.51. The Bertz CT molecular complexity index is 751. The van der Waals surface area contributed by atoms with Crippen LogP contribution < -0.4 is 5.73 Å². The molecule has 0 radical (unpaired) electrons. The molecule has 2 heterocycles. The predicted octanol–water partition coefficient (Wildman–Crippen LogP) is 1.22. The van der Waals surface area contributed by atoms with Crippen molar-refractivity contribution in [3.63, 3.8) is 0 Å². The van der Waals surface area contributed by atoms with E-state index in [4.69, 9.17) is 27.0 Å². The summed E-state index contributed by atoms with van der Waals surface area (Å²) in [6.45, 7) is 0.157. The lowest BCUT2D eigenvalue weighted by atomic mass is 10.2. The van der Waals surface area contributed by atoms with Crippen molar-refractivity contribution in [1.29, 1.82) is 0 Å². The zero-order valence-corrected chi connectivity index (χ0v) is 11.5. The molecule has 3 rings (SSSR count). The molecule has 0 amide bonds. The average Bonchev–Trinajstić information content (AvgIpc) is 3.08. The zero-order valence-electron chi connectivity index (χ0n) is 10.8. The molecule has 1 aromatic carbocycles. The van der Waals surface area contributed by atoms with E-state index >= 15 is 0 Å². The number of hydrogen-bond donors (Lipinski definition) is 2. The van der Waals surface area contributed by atoms with E-state index in [1.54, 1.807) is 24.3 Å². The molecule has 0 spiro atoms. The highest BCUT2D eigenvalue weighted by molar-refractivity contribution is 6.30. The number of aliphatic hydroxyl groups is 1. The van der Waals surface area contributed by atoms with Gasteiger partial charge < -0.3 is 15.4 Å². The first-order valence-corrected chi connectivity index (χ1v) is 6.46. The predicted molar refractivity (Wildman–Crippen MR) is 75.3 cm³/mol. The second-order valence-electron chi connectivity index (χ2n) is 4.20. The molecule has 0 saturated heterocycles. The summed E-state index contributed by atoms with van der Waals surface area (Å²) in [6.07, 6.45) is 0. The molecule has 21 heavy (non-hydrogen) atoms. The molecule has 3 N–H and O–H groups in total.